The number of rotatable bonds is 7. The van der Waals surface area contributed by atoms with Crippen LogP contribution in [-0.2, 0) is 22.3 Å². The van der Waals surface area contributed by atoms with E-state index in [1.807, 2.05) is 6.07 Å². The van der Waals surface area contributed by atoms with Gasteiger partial charge in [0.1, 0.15) is 11.9 Å². The van der Waals surface area contributed by atoms with Crippen molar-refractivity contribution in [3.8, 4) is 6.01 Å². The van der Waals surface area contributed by atoms with Crippen LogP contribution in [0, 0.1) is 0 Å². The first-order valence-corrected chi connectivity index (χ1v) is 10.4. The van der Waals surface area contributed by atoms with Crippen molar-refractivity contribution in [2.45, 2.75) is 44.5 Å². The molecule has 2 aromatic heterocycles. The van der Waals surface area contributed by atoms with Gasteiger partial charge in [-0.05, 0) is 30.0 Å². The third-order valence-electron chi connectivity index (χ3n) is 5.72. The van der Waals surface area contributed by atoms with Crippen molar-refractivity contribution in [3.05, 3.63) is 47.5 Å². The van der Waals surface area contributed by atoms with E-state index in [1.165, 1.54) is 5.56 Å². The topological polar surface area (TPSA) is 81.3 Å². The number of nitrogens with one attached hydrogen (secondary N) is 2. The average molecular weight is 394 g/mol. The monoisotopic (exact) mass is 394 g/mol. The largest absolute Gasteiger partial charge is 0.429 e. The quantitative estimate of drug-likeness (QED) is 0.639. The lowest BCUT2D eigenvalue weighted by Crippen LogP contribution is -2.41. The van der Waals surface area contributed by atoms with Crippen LogP contribution >= 0.6 is 0 Å². The smallest absolute Gasteiger partial charge is 0.298 e. The van der Waals surface area contributed by atoms with Gasteiger partial charge in [-0.25, -0.2) is 4.98 Å². The number of hydrogen-bond donors (Lipinski definition) is 2. The molecule has 3 aromatic rings. The maximum absolute atomic E-state index is 6.15. The van der Waals surface area contributed by atoms with E-state index < -0.39 is 5.79 Å². The summed E-state index contributed by atoms with van der Waals surface area (Å²) in [6, 6.07) is 13.0. The normalized spacial score (nSPS) is 23.4. The minimum Gasteiger partial charge on any atom is -0.429 e. The second kappa shape index (κ2) is 7.65. The number of H-pyrrole nitrogens is 1. The molecule has 29 heavy (non-hydrogen) atoms. The molecule has 2 N–H and O–H groups in total. The number of ether oxygens (including phenoxy) is 3. The number of aryl methyl sites for hydroxylation is 1. The average Bonchev–Trinajstić information content (AvgIpc) is 3.41. The fraction of sp³-hybridized carbons (Fsp3) is 0.455. The van der Waals surface area contributed by atoms with E-state index >= 15 is 0 Å². The summed E-state index contributed by atoms with van der Waals surface area (Å²) in [6.07, 6.45) is 3.38. The third-order valence-corrected chi connectivity index (χ3v) is 5.72. The van der Waals surface area contributed by atoms with Crippen molar-refractivity contribution in [1.29, 1.82) is 0 Å². The zero-order chi connectivity index (χ0) is 19.7. The number of aromatic nitrogens is 3. The molecule has 7 heteroatoms. The van der Waals surface area contributed by atoms with Gasteiger partial charge in [0.15, 0.2) is 5.65 Å². The molecule has 0 spiro atoms. The lowest BCUT2D eigenvalue weighted by molar-refractivity contribution is -0.167. The van der Waals surface area contributed by atoms with Crippen molar-refractivity contribution < 1.29 is 14.2 Å². The molecule has 0 unspecified atom stereocenters. The molecule has 152 valence electrons. The van der Waals surface area contributed by atoms with E-state index in [0.717, 1.165) is 42.7 Å². The molecule has 1 aromatic carbocycles. The number of aromatic amines is 1. The van der Waals surface area contributed by atoms with Gasteiger partial charge in [-0.1, -0.05) is 37.3 Å². The van der Waals surface area contributed by atoms with Crippen LogP contribution in [0.3, 0.4) is 0 Å². The fourth-order valence-corrected chi connectivity index (χ4v) is 4.15. The maximum Gasteiger partial charge on any atom is 0.298 e. The molecule has 0 radical (unpaired) electrons. The van der Waals surface area contributed by atoms with Gasteiger partial charge in [-0.15, -0.1) is 0 Å². The predicted octanol–water partition coefficient (Wildman–Crippen LogP) is 3.46. The summed E-state index contributed by atoms with van der Waals surface area (Å²) in [6.45, 7) is 4.25. The highest BCUT2D eigenvalue weighted by Gasteiger charge is 2.52. The summed E-state index contributed by atoms with van der Waals surface area (Å²) >= 11 is 0. The van der Waals surface area contributed by atoms with Gasteiger partial charge < -0.3 is 24.5 Å². The minimum atomic E-state index is -0.710. The molecule has 0 saturated carbocycles. The number of nitrogens with zero attached hydrogens (tertiary/aromatic N) is 2. The van der Waals surface area contributed by atoms with Crippen molar-refractivity contribution >= 4 is 17.0 Å². The molecule has 2 saturated heterocycles. The van der Waals surface area contributed by atoms with Crippen LogP contribution in [0.5, 0.6) is 6.01 Å². The lowest BCUT2D eigenvalue weighted by atomic mass is 10.1. The van der Waals surface area contributed by atoms with Crippen LogP contribution in [0.2, 0.25) is 0 Å². The van der Waals surface area contributed by atoms with Gasteiger partial charge in [0.05, 0.1) is 18.7 Å². The number of pyridine rings is 1. The Morgan fingerprint density at radius 1 is 1.24 bits per heavy atom. The second-order valence-electron chi connectivity index (χ2n) is 7.59. The highest BCUT2D eigenvalue weighted by Crippen LogP contribution is 2.38. The summed E-state index contributed by atoms with van der Waals surface area (Å²) < 4.78 is 17.8. The van der Waals surface area contributed by atoms with Crippen molar-refractivity contribution in [1.82, 2.24) is 15.0 Å². The first kappa shape index (κ1) is 18.4. The van der Waals surface area contributed by atoms with Crippen molar-refractivity contribution in [2.24, 2.45) is 0 Å². The Morgan fingerprint density at radius 3 is 3.00 bits per heavy atom. The van der Waals surface area contributed by atoms with Crippen LogP contribution in [-0.4, -0.2) is 46.6 Å². The number of fused-ring (bicyclic) bond motifs is 2. The van der Waals surface area contributed by atoms with E-state index in [1.54, 1.807) is 0 Å². The first-order chi connectivity index (χ1) is 14.3. The Balaban J connectivity index is 1.34. The summed E-state index contributed by atoms with van der Waals surface area (Å²) in [7, 11) is 0. The van der Waals surface area contributed by atoms with Gasteiger partial charge in [0.2, 0.25) is 5.79 Å². The molecule has 7 nitrogen and oxygen atoms in total. The molecule has 5 rings (SSSR count). The van der Waals surface area contributed by atoms with Gasteiger partial charge in [-0.3, -0.25) is 0 Å². The molecule has 2 fully saturated rings. The maximum atomic E-state index is 6.15. The Labute approximate surface area is 169 Å². The summed E-state index contributed by atoms with van der Waals surface area (Å²) in [4.78, 5) is 12.6. The van der Waals surface area contributed by atoms with E-state index in [9.17, 15) is 0 Å². The Kier molecular flexibility index (Phi) is 4.85. The Morgan fingerprint density at radius 2 is 2.14 bits per heavy atom. The SMILES string of the molecule is CCc1cc2[nH]c(O[C@@]34CCO[C@@H]3CCO4)nc2nc1NCCc1ccccc1. The summed E-state index contributed by atoms with van der Waals surface area (Å²) in [5, 5.41) is 3.47. The van der Waals surface area contributed by atoms with E-state index in [0.29, 0.717) is 31.3 Å². The second-order valence-corrected chi connectivity index (χ2v) is 7.59. The number of anilines is 1. The van der Waals surface area contributed by atoms with Crippen molar-refractivity contribution in [3.63, 3.8) is 0 Å². The van der Waals surface area contributed by atoms with Crippen molar-refractivity contribution in [2.75, 3.05) is 25.1 Å². The molecule has 2 atom stereocenters. The van der Waals surface area contributed by atoms with Crippen LogP contribution in [0.4, 0.5) is 5.82 Å². The Hall–Kier alpha value is -2.64. The van der Waals surface area contributed by atoms with Crippen LogP contribution in [0.1, 0.15) is 30.9 Å². The number of imidazole rings is 1. The molecule has 0 bridgehead atoms. The van der Waals surface area contributed by atoms with E-state index in [2.05, 4.69) is 52.5 Å². The van der Waals surface area contributed by atoms with E-state index in [-0.39, 0.29) is 6.10 Å². The molecule has 0 aliphatic carbocycles. The van der Waals surface area contributed by atoms with Gasteiger partial charge in [0.25, 0.3) is 6.01 Å². The van der Waals surface area contributed by atoms with Crippen LogP contribution < -0.4 is 10.1 Å². The van der Waals surface area contributed by atoms with Gasteiger partial charge >= 0.3 is 0 Å². The van der Waals surface area contributed by atoms with Crippen LogP contribution in [0.15, 0.2) is 36.4 Å². The summed E-state index contributed by atoms with van der Waals surface area (Å²) in [5.74, 6) is 0.171. The molecule has 4 heterocycles. The molecule has 2 aliphatic heterocycles. The first-order valence-electron chi connectivity index (χ1n) is 10.4. The predicted molar refractivity (Wildman–Crippen MR) is 110 cm³/mol. The highest BCUT2D eigenvalue weighted by atomic mass is 16.7. The molecular formula is C22H26N4O3. The lowest BCUT2D eigenvalue weighted by Gasteiger charge is -2.25. The van der Waals surface area contributed by atoms with Gasteiger partial charge in [-0.2, -0.15) is 4.98 Å². The molecular weight excluding hydrogens is 368 g/mol. The fourth-order valence-electron chi connectivity index (χ4n) is 4.15. The van der Waals surface area contributed by atoms with Gasteiger partial charge in [0, 0.05) is 19.4 Å². The summed E-state index contributed by atoms with van der Waals surface area (Å²) in [5.41, 5.74) is 3.97. The molecule has 2 aliphatic rings. The zero-order valence-corrected chi connectivity index (χ0v) is 16.6. The third kappa shape index (κ3) is 3.56. The van der Waals surface area contributed by atoms with Crippen LogP contribution in [0.25, 0.3) is 11.2 Å². The number of hydrogen-bond acceptors (Lipinski definition) is 6. The zero-order valence-electron chi connectivity index (χ0n) is 16.6. The highest BCUT2D eigenvalue weighted by molar-refractivity contribution is 5.75. The minimum absolute atomic E-state index is 0.0231. The molecule has 0 amide bonds. The number of benzene rings is 1. The standard InChI is InChI=1S/C22H26N4O3/c1-2-16-14-17-20(25-19(16)23-11-8-15-6-4-3-5-7-15)26-21(24-17)29-22-10-13-27-18(22)9-12-28-22/h3-7,14,18H,2,8-13H2,1H3,(H2,23,24,25,26)/t18-,22+/m1/s1. The Bertz CT molecular complexity index is 978. The van der Waals surface area contributed by atoms with E-state index in [4.69, 9.17) is 19.2 Å².